The summed E-state index contributed by atoms with van der Waals surface area (Å²) in [6.07, 6.45) is -5.25. The highest BCUT2D eigenvalue weighted by Crippen LogP contribution is 2.61. The van der Waals surface area contributed by atoms with Crippen LogP contribution in [0.15, 0.2) is 6.33 Å². The minimum atomic E-state index is -4.97. The van der Waals surface area contributed by atoms with E-state index in [2.05, 4.69) is 29.7 Å². The number of nitrogens with zero attached hydrogens (tertiary/aromatic N) is 4. The Hall–Kier alpha value is -2.67. The van der Waals surface area contributed by atoms with Crippen LogP contribution >= 0.6 is 26.8 Å². The molecule has 1 aliphatic carbocycles. The van der Waals surface area contributed by atoms with Gasteiger partial charge in [0.15, 0.2) is 35.3 Å². The second-order valence-corrected chi connectivity index (χ2v) is 16.3. The van der Waals surface area contributed by atoms with Gasteiger partial charge in [0.1, 0.15) is 12.2 Å². The van der Waals surface area contributed by atoms with Crippen LogP contribution in [0, 0.1) is 0 Å². The highest BCUT2D eigenvalue weighted by Gasteiger charge is 2.47. The van der Waals surface area contributed by atoms with Crippen molar-refractivity contribution in [3.8, 4) is 0 Å². The van der Waals surface area contributed by atoms with Crippen LogP contribution in [0.5, 0.6) is 0 Å². The van der Waals surface area contributed by atoms with Gasteiger partial charge in [0.25, 0.3) is 0 Å². The Balaban J connectivity index is 1.41. The van der Waals surface area contributed by atoms with Gasteiger partial charge >= 0.3 is 27.5 Å². The van der Waals surface area contributed by atoms with E-state index in [0.29, 0.717) is 11.3 Å². The van der Waals surface area contributed by atoms with Crippen LogP contribution < -0.4 is 5.32 Å². The number of aliphatic hydroxyl groups is 1. The first-order valence-corrected chi connectivity index (χ1v) is 19.1. The summed E-state index contributed by atoms with van der Waals surface area (Å²) >= 11 is 6.15. The molecule has 5 atom stereocenters. The number of carbonyl (C=O) groups excluding carboxylic acids is 2. The fourth-order valence-electron chi connectivity index (χ4n) is 4.84. The molecule has 1 saturated carbocycles. The zero-order chi connectivity index (χ0) is 35.9. The zero-order valence-electron chi connectivity index (χ0n) is 27.0. The van der Waals surface area contributed by atoms with Gasteiger partial charge in [-0.05, 0) is 52.1 Å². The number of halogens is 2. The molecule has 0 bridgehead atoms. The van der Waals surface area contributed by atoms with Crippen LogP contribution in [0.4, 0.5) is 19.8 Å². The smallest absolute Gasteiger partial charge is 0.432 e. The maximum atomic E-state index is 15.4. The molecule has 3 heterocycles. The summed E-state index contributed by atoms with van der Waals surface area (Å²) in [5.74, 6) is -0.997. The van der Waals surface area contributed by atoms with E-state index < -0.39 is 90.4 Å². The maximum Gasteiger partial charge on any atom is 0.510 e. The number of rotatable bonds is 16. The number of alkyl halides is 1. The summed E-state index contributed by atoms with van der Waals surface area (Å²) in [5.41, 5.74) is 0.406. The van der Waals surface area contributed by atoms with Crippen LogP contribution in [0.1, 0.15) is 59.6 Å². The van der Waals surface area contributed by atoms with Crippen molar-refractivity contribution in [3.05, 3.63) is 11.6 Å². The van der Waals surface area contributed by atoms with Crippen LogP contribution in [0.25, 0.3) is 11.2 Å². The first kappa shape index (κ1) is 39.1. The van der Waals surface area contributed by atoms with Crippen LogP contribution in [0.3, 0.4) is 0 Å². The first-order chi connectivity index (χ1) is 23.1. The summed E-state index contributed by atoms with van der Waals surface area (Å²) in [5, 5.41) is 13.8. The third-order valence-electron chi connectivity index (χ3n) is 6.97. The van der Waals surface area contributed by atoms with Crippen molar-refractivity contribution in [2.24, 2.45) is 0 Å². The predicted molar refractivity (Wildman–Crippen MR) is 167 cm³/mol. The van der Waals surface area contributed by atoms with Gasteiger partial charge in [0.2, 0.25) is 18.9 Å². The van der Waals surface area contributed by atoms with Crippen LogP contribution in [-0.2, 0) is 46.4 Å². The largest absolute Gasteiger partial charge is 0.510 e. The van der Waals surface area contributed by atoms with Gasteiger partial charge in [-0.1, -0.05) is 12.8 Å². The van der Waals surface area contributed by atoms with Crippen molar-refractivity contribution >= 4 is 56.1 Å². The molecule has 0 amide bonds. The maximum absolute atomic E-state index is 15.4. The molecular formula is C26H39ClFN5O14P2. The summed E-state index contributed by atoms with van der Waals surface area (Å²) in [6, 6.07) is 0.155. The molecule has 2 aromatic rings. The lowest BCUT2D eigenvalue weighted by molar-refractivity contribution is -0.0427. The zero-order valence-corrected chi connectivity index (χ0v) is 29.6. The molecule has 49 heavy (non-hydrogen) atoms. The molecule has 23 heteroatoms. The van der Waals surface area contributed by atoms with Gasteiger partial charge in [0.05, 0.1) is 25.1 Å². The molecule has 1 unspecified atom stereocenters. The van der Waals surface area contributed by atoms with Crippen molar-refractivity contribution < 1.29 is 70.4 Å². The van der Waals surface area contributed by atoms with E-state index in [9.17, 15) is 28.7 Å². The van der Waals surface area contributed by atoms with E-state index in [1.165, 1.54) is 38.6 Å². The summed E-state index contributed by atoms with van der Waals surface area (Å²) in [6.45, 7) is 3.17. The fourth-order valence-corrected chi connectivity index (χ4v) is 8.61. The van der Waals surface area contributed by atoms with Crippen molar-refractivity contribution in [2.75, 3.05) is 31.4 Å². The number of fused-ring (bicyclic) bond motifs is 1. The Morgan fingerprint density at radius 3 is 2.22 bits per heavy atom. The SMILES string of the molecule is CC(C)OC(=O)OCOP(=O)(CP(=O)(O)OC[C@H]1O[C@@H](n2cnc3c(NC4CCCC4)nc(Cl)nc32)[C@@H](F)[C@@H]1O)OCOC(=O)OC(C)C. The third-order valence-corrected chi connectivity index (χ3v) is 11.5. The van der Waals surface area contributed by atoms with E-state index in [-0.39, 0.29) is 17.0 Å². The number of hydrogen-bond acceptors (Lipinski definition) is 17. The van der Waals surface area contributed by atoms with Crippen LogP contribution in [-0.4, -0.2) is 105 Å². The Morgan fingerprint density at radius 2 is 1.65 bits per heavy atom. The van der Waals surface area contributed by atoms with Crippen molar-refractivity contribution in [1.29, 1.82) is 0 Å². The molecule has 4 rings (SSSR count). The van der Waals surface area contributed by atoms with Crippen molar-refractivity contribution in [3.63, 3.8) is 0 Å². The molecule has 276 valence electrons. The average molecular weight is 762 g/mol. The molecule has 0 radical (unpaired) electrons. The molecule has 1 aliphatic heterocycles. The molecule has 2 aliphatic rings. The minimum absolute atomic E-state index is 0.115. The van der Waals surface area contributed by atoms with Gasteiger partial charge in [0, 0.05) is 6.04 Å². The summed E-state index contributed by atoms with van der Waals surface area (Å²) in [7, 11) is -9.70. The van der Waals surface area contributed by atoms with Gasteiger partial charge in [-0.2, -0.15) is 9.97 Å². The predicted octanol–water partition coefficient (Wildman–Crippen LogP) is 4.85. The van der Waals surface area contributed by atoms with E-state index in [4.69, 9.17) is 39.4 Å². The molecule has 0 aromatic carbocycles. The average Bonchev–Trinajstić information content (AvgIpc) is 3.71. The number of carbonyl (C=O) groups is 2. The monoisotopic (exact) mass is 761 g/mol. The molecule has 3 N–H and O–H groups in total. The van der Waals surface area contributed by atoms with Gasteiger partial charge in [-0.3, -0.25) is 22.7 Å². The quantitative estimate of drug-likeness (QED) is 0.0896. The normalized spacial score (nSPS) is 22.8. The number of ether oxygens (including phenoxy) is 5. The lowest BCUT2D eigenvalue weighted by atomic mass is 10.1. The third kappa shape index (κ3) is 11.2. The summed E-state index contributed by atoms with van der Waals surface area (Å²) in [4.78, 5) is 46.5. The van der Waals surface area contributed by atoms with Gasteiger partial charge in [-0.25, -0.2) is 19.0 Å². The number of hydrogen-bond donors (Lipinski definition) is 3. The highest BCUT2D eigenvalue weighted by atomic mass is 35.5. The highest BCUT2D eigenvalue weighted by molar-refractivity contribution is 7.70. The number of imidazole rings is 1. The van der Waals surface area contributed by atoms with Crippen molar-refractivity contribution in [1.82, 2.24) is 19.5 Å². The number of aliphatic hydroxyl groups excluding tert-OH is 1. The minimum Gasteiger partial charge on any atom is -0.432 e. The number of anilines is 1. The van der Waals surface area contributed by atoms with E-state index in [1.807, 2.05) is 0 Å². The van der Waals surface area contributed by atoms with E-state index in [0.717, 1.165) is 25.7 Å². The van der Waals surface area contributed by atoms with E-state index >= 15 is 4.39 Å². The first-order valence-electron chi connectivity index (χ1n) is 15.2. The molecule has 2 aromatic heterocycles. The second kappa shape index (κ2) is 17.0. The van der Waals surface area contributed by atoms with Crippen molar-refractivity contribution in [2.45, 2.75) is 96.2 Å². The molecular weight excluding hydrogens is 723 g/mol. The molecule has 19 nitrogen and oxygen atoms in total. The van der Waals surface area contributed by atoms with E-state index in [1.54, 1.807) is 0 Å². The molecule has 2 fully saturated rings. The Kier molecular flexibility index (Phi) is 13.6. The second-order valence-electron chi connectivity index (χ2n) is 11.6. The van der Waals surface area contributed by atoms with Gasteiger partial charge < -0.3 is 43.5 Å². The Labute approximate surface area is 285 Å². The lowest BCUT2D eigenvalue weighted by Crippen LogP contribution is -2.31. The standard InChI is InChI=1S/C26H39ClFN5O14P2/c1-14(2)45-25(35)40-11-43-49(39,44-12-41-26(36)46-15(3)4)13-48(37,38)42-9-17-20(34)18(28)23(47-17)33-10-29-19-21(30-16-7-5-6-8-16)31-24(27)32-22(19)33/h10,14-18,20,23,34H,5-9,11-13H2,1-4H3,(H,37,38)(H,30,31,32)/t17-,18+,20-,23-/m1/s1. The fraction of sp³-hybridized carbons (Fsp3) is 0.731. The molecule has 1 saturated heterocycles. The summed E-state index contributed by atoms with van der Waals surface area (Å²) < 4.78 is 82.3. The van der Waals surface area contributed by atoms with Gasteiger partial charge in [-0.15, -0.1) is 0 Å². The Bertz CT molecular complexity index is 1510. The number of nitrogens with one attached hydrogen (secondary N) is 1. The molecule has 0 spiro atoms. The van der Waals surface area contributed by atoms with Crippen LogP contribution in [0.2, 0.25) is 5.28 Å². The Morgan fingerprint density at radius 1 is 1.06 bits per heavy atom. The number of aromatic nitrogens is 4. The topological polar surface area (TPSA) is 238 Å². The lowest BCUT2D eigenvalue weighted by Gasteiger charge is -2.22.